The van der Waals surface area contributed by atoms with Crippen LogP contribution >= 0.6 is 22.9 Å². The third kappa shape index (κ3) is 2.81. The van der Waals surface area contributed by atoms with Crippen molar-refractivity contribution in [1.29, 1.82) is 0 Å². The first-order chi connectivity index (χ1) is 3.18. The molecule has 0 aliphatic carbocycles. The second-order valence-corrected chi connectivity index (χ2v) is 1.79. The Morgan fingerprint density at radius 1 is 2.00 bits per heavy atom. The predicted molar refractivity (Wildman–Crippen MR) is 34.3 cm³/mol. The fourth-order valence-corrected chi connectivity index (χ4v) is 0.313. The second kappa shape index (κ2) is 3.20. The highest BCUT2D eigenvalue weighted by Crippen LogP contribution is 1.82. The summed E-state index contributed by atoms with van der Waals surface area (Å²) in [4.78, 5) is 9.86. The third-order valence-electron chi connectivity index (χ3n) is 0.534. The van der Waals surface area contributed by atoms with Gasteiger partial charge in [-0.2, -0.15) is 0 Å². The molecule has 0 unspecified atom stereocenters. The van der Waals surface area contributed by atoms with Crippen molar-refractivity contribution < 1.29 is 9.90 Å². The highest BCUT2D eigenvalue weighted by atomic mass is 127. The summed E-state index contributed by atoms with van der Waals surface area (Å²) >= 11 is 1.80. The number of carboxylic acids is 1. The van der Waals surface area contributed by atoms with Gasteiger partial charge in [0.15, 0.2) is 0 Å². The first kappa shape index (κ1) is 7.16. The topological polar surface area (TPSA) is 49.3 Å². The number of aliphatic carboxylic acids is 1. The number of carboxylic acid groups (broad SMARTS) is 1. The van der Waals surface area contributed by atoms with Crippen LogP contribution in [0.1, 0.15) is 6.92 Å². The van der Waals surface area contributed by atoms with Crippen LogP contribution in [-0.4, -0.2) is 17.1 Å². The van der Waals surface area contributed by atoms with Crippen LogP contribution in [0.4, 0.5) is 0 Å². The Bertz CT molecular complexity index is 75.3. The molecule has 0 rings (SSSR count). The molecule has 0 aromatic rings. The quantitative estimate of drug-likeness (QED) is 0.517. The van der Waals surface area contributed by atoms with E-state index in [1.807, 2.05) is 0 Å². The van der Waals surface area contributed by atoms with Gasteiger partial charge in [0.25, 0.3) is 0 Å². The van der Waals surface area contributed by atoms with Crippen molar-refractivity contribution in [3.63, 3.8) is 0 Å². The smallest absolute Gasteiger partial charge is 0.321 e. The number of hydrogen-bond acceptors (Lipinski definition) is 2. The Kier molecular flexibility index (Phi) is 3.27. The van der Waals surface area contributed by atoms with Crippen molar-refractivity contribution in [2.75, 3.05) is 0 Å². The van der Waals surface area contributed by atoms with Crippen LogP contribution in [0.5, 0.6) is 0 Å². The summed E-state index contributed by atoms with van der Waals surface area (Å²) in [6.07, 6.45) is 0. The number of rotatable bonds is 2. The zero-order valence-corrected chi connectivity index (χ0v) is 5.97. The van der Waals surface area contributed by atoms with E-state index >= 15 is 0 Å². The number of carbonyl (C=O) groups is 1. The standard InChI is InChI=1S/C3H6INO2/c1-2(5-4)3(6)7/h2,5H,1H3,(H,6,7)/t2-/m0/s1. The Morgan fingerprint density at radius 2 is 2.43 bits per heavy atom. The minimum Gasteiger partial charge on any atom is -0.480 e. The minimum absolute atomic E-state index is 0.444. The van der Waals surface area contributed by atoms with Crippen LogP contribution in [0, 0.1) is 0 Å². The largest absolute Gasteiger partial charge is 0.480 e. The molecule has 0 aliphatic heterocycles. The highest BCUT2D eigenvalue weighted by molar-refractivity contribution is 14.1. The van der Waals surface area contributed by atoms with Gasteiger partial charge in [0, 0.05) is 22.9 Å². The third-order valence-corrected chi connectivity index (χ3v) is 1.47. The lowest BCUT2D eigenvalue weighted by molar-refractivity contribution is -0.138. The molecule has 0 saturated heterocycles. The molecule has 7 heavy (non-hydrogen) atoms. The minimum atomic E-state index is -0.825. The summed E-state index contributed by atoms with van der Waals surface area (Å²) in [6, 6.07) is -0.444. The summed E-state index contributed by atoms with van der Waals surface area (Å²) in [6.45, 7) is 1.58. The Morgan fingerprint density at radius 3 is 2.43 bits per heavy atom. The second-order valence-electron chi connectivity index (χ2n) is 1.17. The lowest BCUT2D eigenvalue weighted by atomic mass is 10.4. The normalized spacial score (nSPS) is 13.4. The van der Waals surface area contributed by atoms with E-state index in [2.05, 4.69) is 3.53 Å². The molecule has 0 radical (unpaired) electrons. The van der Waals surface area contributed by atoms with Crippen LogP contribution in [-0.2, 0) is 4.79 Å². The van der Waals surface area contributed by atoms with Gasteiger partial charge in [-0.25, -0.2) is 3.53 Å². The molecular formula is C3H6INO2. The van der Waals surface area contributed by atoms with E-state index in [4.69, 9.17) is 5.11 Å². The van der Waals surface area contributed by atoms with E-state index in [0.717, 1.165) is 0 Å². The molecule has 42 valence electrons. The van der Waals surface area contributed by atoms with E-state index < -0.39 is 12.0 Å². The van der Waals surface area contributed by atoms with E-state index in [-0.39, 0.29) is 0 Å². The van der Waals surface area contributed by atoms with Crippen LogP contribution in [0.15, 0.2) is 0 Å². The Balaban J connectivity index is 3.34. The van der Waals surface area contributed by atoms with Gasteiger partial charge in [0.05, 0.1) is 0 Å². The predicted octanol–water partition coefficient (Wildman–Crippen LogP) is 0.399. The highest BCUT2D eigenvalue weighted by Gasteiger charge is 2.05. The first-order valence-corrected chi connectivity index (χ1v) is 2.85. The Labute approximate surface area is 55.6 Å². The van der Waals surface area contributed by atoms with E-state index in [9.17, 15) is 4.79 Å². The average Bonchev–Trinajstić information content (AvgIpc) is 1.65. The maximum absolute atomic E-state index is 9.86. The Hall–Kier alpha value is 0.160. The molecule has 4 heteroatoms. The van der Waals surface area contributed by atoms with Crippen LogP contribution in [0.3, 0.4) is 0 Å². The molecular weight excluding hydrogens is 209 g/mol. The van der Waals surface area contributed by atoms with Crippen molar-refractivity contribution in [2.24, 2.45) is 0 Å². The van der Waals surface area contributed by atoms with Gasteiger partial charge in [0.1, 0.15) is 6.04 Å². The lowest BCUT2D eigenvalue weighted by Crippen LogP contribution is -2.25. The summed E-state index contributed by atoms with van der Waals surface area (Å²) in [5.41, 5.74) is 0. The fourth-order valence-electron chi connectivity index (χ4n) is 0.0467. The monoisotopic (exact) mass is 215 g/mol. The zero-order chi connectivity index (χ0) is 5.86. The molecule has 0 fully saturated rings. The van der Waals surface area contributed by atoms with Gasteiger partial charge in [0.2, 0.25) is 0 Å². The summed E-state index contributed by atoms with van der Waals surface area (Å²) < 4.78 is 2.53. The van der Waals surface area contributed by atoms with Gasteiger partial charge in [-0.05, 0) is 6.92 Å². The van der Waals surface area contributed by atoms with Crippen molar-refractivity contribution in [3.8, 4) is 0 Å². The van der Waals surface area contributed by atoms with Crippen LogP contribution < -0.4 is 3.53 Å². The van der Waals surface area contributed by atoms with Crippen LogP contribution in [0.25, 0.3) is 0 Å². The number of nitrogens with one attached hydrogen (secondary N) is 1. The van der Waals surface area contributed by atoms with E-state index in [1.54, 1.807) is 29.8 Å². The molecule has 0 spiro atoms. The molecule has 0 aromatic carbocycles. The molecule has 0 aliphatic rings. The molecule has 0 amide bonds. The molecule has 1 atom stereocenters. The van der Waals surface area contributed by atoms with Crippen molar-refractivity contribution >= 4 is 28.8 Å². The van der Waals surface area contributed by atoms with Gasteiger partial charge in [-0.15, -0.1) is 0 Å². The van der Waals surface area contributed by atoms with Crippen molar-refractivity contribution in [1.82, 2.24) is 3.53 Å². The number of hydrogen-bond donors (Lipinski definition) is 2. The van der Waals surface area contributed by atoms with Crippen molar-refractivity contribution in [3.05, 3.63) is 0 Å². The first-order valence-electron chi connectivity index (χ1n) is 1.77. The fraction of sp³-hybridized carbons (Fsp3) is 0.667. The average molecular weight is 215 g/mol. The SMILES string of the molecule is C[C@H](NI)C(=O)O. The van der Waals surface area contributed by atoms with Crippen LogP contribution in [0.2, 0.25) is 0 Å². The van der Waals surface area contributed by atoms with Crippen molar-refractivity contribution in [2.45, 2.75) is 13.0 Å². The maximum atomic E-state index is 9.86. The molecule has 0 bridgehead atoms. The zero-order valence-electron chi connectivity index (χ0n) is 3.81. The van der Waals surface area contributed by atoms with E-state index in [1.165, 1.54) is 0 Å². The molecule has 2 N–H and O–H groups in total. The molecule has 0 aromatic heterocycles. The molecule has 3 nitrogen and oxygen atoms in total. The maximum Gasteiger partial charge on any atom is 0.321 e. The number of halogens is 1. The van der Waals surface area contributed by atoms with Gasteiger partial charge in [-0.1, -0.05) is 0 Å². The molecule has 0 heterocycles. The lowest BCUT2D eigenvalue weighted by Gasteiger charge is -1.97. The van der Waals surface area contributed by atoms with E-state index in [0.29, 0.717) is 0 Å². The van der Waals surface area contributed by atoms with Gasteiger partial charge in [-0.3, -0.25) is 4.79 Å². The summed E-state index contributed by atoms with van der Waals surface area (Å²) in [5.74, 6) is -0.825. The van der Waals surface area contributed by atoms with Gasteiger partial charge >= 0.3 is 5.97 Å². The van der Waals surface area contributed by atoms with Gasteiger partial charge < -0.3 is 5.11 Å². The summed E-state index contributed by atoms with van der Waals surface area (Å²) in [5, 5.41) is 8.11. The summed E-state index contributed by atoms with van der Waals surface area (Å²) in [7, 11) is 0. The molecule has 0 saturated carbocycles.